The van der Waals surface area contributed by atoms with Crippen molar-refractivity contribution in [1.82, 2.24) is 9.80 Å². The molecule has 0 radical (unpaired) electrons. The normalized spacial score (nSPS) is 27.7. The van der Waals surface area contributed by atoms with Crippen molar-refractivity contribution < 1.29 is 24.9 Å². The molecule has 0 aliphatic carbocycles. The molecule has 2 aromatic carbocycles. The van der Waals surface area contributed by atoms with E-state index in [1.54, 1.807) is 0 Å². The number of rotatable bonds is 8. The van der Waals surface area contributed by atoms with Crippen molar-refractivity contribution in [2.75, 3.05) is 51.8 Å². The lowest BCUT2D eigenvalue weighted by Gasteiger charge is -2.42. The molecule has 5 atom stereocenters. The highest BCUT2D eigenvalue weighted by Gasteiger charge is 2.40. The van der Waals surface area contributed by atoms with Gasteiger partial charge in [-0.1, -0.05) is 30.3 Å². The Morgan fingerprint density at radius 1 is 1.03 bits per heavy atom. The van der Waals surface area contributed by atoms with E-state index >= 15 is 0 Å². The standard InChI is InChI=1S/C29H42N2O5S/c1-20-6-9-22(29-28(35)27(34)25(32)19-37(29)3)18-23(20)17-21-7-10-24(11-8-21)36-16-4-5-26(33)31-14-12-30(2)13-15-31/h6-11,18,25,27-29,32,34-35,37H,4-5,12-17,19H2,1-3H3/t25-,27-,28-,29+/m1/s1. The topological polar surface area (TPSA) is 93.5 Å². The number of aliphatic hydroxyl groups excluding tert-OH is 3. The quantitative estimate of drug-likeness (QED) is 0.309. The van der Waals surface area contributed by atoms with Gasteiger partial charge in [0.1, 0.15) is 11.9 Å². The van der Waals surface area contributed by atoms with E-state index in [2.05, 4.69) is 49.4 Å². The minimum Gasteiger partial charge on any atom is -0.494 e. The monoisotopic (exact) mass is 530 g/mol. The second-order valence-corrected chi connectivity index (χ2v) is 13.0. The maximum atomic E-state index is 12.4. The van der Waals surface area contributed by atoms with Crippen LogP contribution in [0.5, 0.6) is 5.75 Å². The first kappa shape index (κ1) is 27.9. The summed E-state index contributed by atoms with van der Waals surface area (Å²) in [5.41, 5.74) is 4.56. The zero-order valence-electron chi connectivity index (χ0n) is 22.2. The zero-order chi connectivity index (χ0) is 26.5. The summed E-state index contributed by atoms with van der Waals surface area (Å²) in [5, 5.41) is 30.8. The lowest BCUT2D eigenvalue weighted by molar-refractivity contribution is -0.133. The zero-order valence-corrected chi connectivity index (χ0v) is 23.1. The first-order valence-electron chi connectivity index (χ1n) is 13.2. The Morgan fingerprint density at radius 3 is 2.43 bits per heavy atom. The van der Waals surface area contributed by atoms with Gasteiger partial charge >= 0.3 is 0 Å². The SMILES string of the molecule is Cc1ccc([C@H]2[C@H](O)[C@H](O)[C@H](O)C[SH]2C)cc1Cc1ccc(OCCCC(=O)N2CCN(C)CC2)cc1. The van der Waals surface area contributed by atoms with Gasteiger partial charge in [-0.3, -0.25) is 4.79 Å². The summed E-state index contributed by atoms with van der Waals surface area (Å²) in [5.74, 6) is 1.55. The second kappa shape index (κ2) is 12.6. The van der Waals surface area contributed by atoms with Gasteiger partial charge in [-0.15, -0.1) is 0 Å². The van der Waals surface area contributed by atoms with Crippen molar-refractivity contribution in [2.45, 2.75) is 49.7 Å². The fourth-order valence-electron chi connectivity index (χ4n) is 5.26. The smallest absolute Gasteiger partial charge is 0.222 e. The molecule has 1 amide bonds. The summed E-state index contributed by atoms with van der Waals surface area (Å²) >= 11 is 0. The maximum absolute atomic E-state index is 12.4. The summed E-state index contributed by atoms with van der Waals surface area (Å²) in [6.45, 7) is 6.11. The van der Waals surface area contributed by atoms with Gasteiger partial charge in [0.05, 0.1) is 18.8 Å². The Labute approximate surface area is 223 Å². The molecular formula is C29H42N2O5S. The molecule has 8 heteroatoms. The molecule has 204 valence electrons. The van der Waals surface area contributed by atoms with Gasteiger partial charge in [-0.25, -0.2) is 10.9 Å². The van der Waals surface area contributed by atoms with Crippen LogP contribution in [-0.4, -0.2) is 101 Å². The number of amides is 1. The number of hydrogen-bond acceptors (Lipinski definition) is 6. The number of carbonyl (C=O) groups excluding carboxylic acids is 1. The first-order valence-corrected chi connectivity index (χ1v) is 15.3. The predicted molar refractivity (Wildman–Crippen MR) is 150 cm³/mol. The summed E-state index contributed by atoms with van der Waals surface area (Å²) in [7, 11) is 1.44. The van der Waals surface area contributed by atoms with Crippen LogP contribution in [0.2, 0.25) is 0 Å². The number of piperazine rings is 1. The number of carbonyl (C=O) groups is 1. The molecule has 0 saturated carbocycles. The second-order valence-electron chi connectivity index (χ2n) is 10.6. The Bertz CT molecular complexity index is 1040. The van der Waals surface area contributed by atoms with Crippen molar-refractivity contribution in [2.24, 2.45) is 0 Å². The van der Waals surface area contributed by atoms with E-state index in [0.717, 1.165) is 49.5 Å². The molecule has 7 nitrogen and oxygen atoms in total. The van der Waals surface area contributed by atoms with Gasteiger partial charge in [-0.05, 0) is 67.5 Å². The highest BCUT2D eigenvalue weighted by atomic mass is 32.2. The average molecular weight is 531 g/mol. The van der Waals surface area contributed by atoms with Crippen LogP contribution >= 0.6 is 10.9 Å². The van der Waals surface area contributed by atoms with Crippen molar-refractivity contribution in [3.8, 4) is 5.75 Å². The average Bonchev–Trinajstić information content (AvgIpc) is 2.88. The van der Waals surface area contributed by atoms with Crippen molar-refractivity contribution in [1.29, 1.82) is 0 Å². The molecule has 3 N–H and O–H groups in total. The van der Waals surface area contributed by atoms with Gasteiger partial charge in [0, 0.05) is 43.6 Å². The molecule has 37 heavy (non-hydrogen) atoms. The molecule has 0 bridgehead atoms. The highest BCUT2D eigenvalue weighted by Crippen LogP contribution is 2.48. The Hall–Kier alpha value is -2.10. The van der Waals surface area contributed by atoms with E-state index in [-0.39, 0.29) is 11.2 Å². The lowest BCUT2D eigenvalue weighted by Crippen LogP contribution is -2.47. The van der Waals surface area contributed by atoms with E-state index in [0.29, 0.717) is 25.2 Å². The third kappa shape index (κ3) is 7.06. The van der Waals surface area contributed by atoms with Crippen molar-refractivity contribution in [3.63, 3.8) is 0 Å². The van der Waals surface area contributed by atoms with Crippen LogP contribution in [0.15, 0.2) is 42.5 Å². The number of aryl methyl sites for hydroxylation is 1. The summed E-state index contributed by atoms with van der Waals surface area (Å²) in [4.78, 5) is 16.6. The van der Waals surface area contributed by atoms with Crippen LogP contribution < -0.4 is 4.74 Å². The molecule has 0 aromatic heterocycles. The molecule has 1 unspecified atom stereocenters. The van der Waals surface area contributed by atoms with Gasteiger partial charge < -0.3 is 29.9 Å². The minimum atomic E-state index is -1.11. The largest absolute Gasteiger partial charge is 0.494 e. The van der Waals surface area contributed by atoms with Crippen LogP contribution in [-0.2, 0) is 11.2 Å². The van der Waals surface area contributed by atoms with E-state index in [1.807, 2.05) is 23.1 Å². The number of likely N-dealkylation sites (N-methyl/N-ethyl adjacent to an activating group) is 1. The highest BCUT2D eigenvalue weighted by molar-refractivity contribution is 8.16. The van der Waals surface area contributed by atoms with Gasteiger partial charge in [0.25, 0.3) is 0 Å². The van der Waals surface area contributed by atoms with E-state index in [9.17, 15) is 20.1 Å². The summed E-state index contributed by atoms with van der Waals surface area (Å²) in [6.07, 6.45) is 1.15. The van der Waals surface area contributed by atoms with Crippen LogP contribution in [0, 0.1) is 6.92 Å². The fourth-order valence-corrected chi connectivity index (χ4v) is 7.66. The Morgan fingerprint density at radius 2 is 1.73 bits per heavy atom. The third-order valence-electron chi connectivity index (χ3n) is 7.71. The van der Waals surface area contributed by atoms with E-state index in [1.165, 1.54) is 11.1 Å². The summed E-state index contributed by atoms with van der Waals surface area (Å²) < 4.78 is 5.88. The summed E-state index contributed by atoms with van der Waals surface area (Å²) in [6, 6.07) is 14.4. The predicted octanol–water partition coefficient (Wildman–Crippen LogP) is 2.29. The number of aliphatic hydroxyl groups is 3. The Balaban J connectivity index is 1.29. The molecule has 2 aliphatic heterocycles. The molecule has 2 heterocycles. The number of benzene rings is 2. The van der Waals surface area contributed by atoms with Crippen molar-refractivity contribution >= 4 is 16.8 Å². The molecular weight excluding hydrogens is 488 g/mol. The van der Waals surface area contributed by atoms with E-state index < -0.39 is 29.2 Å². The van der Waals surface area contributed by atoms with Crippen LogP contribution in [0.4, 0.5) is 0 Å². The fraction of sp³-hybridized carbons (Fsp3) is 0.552. The van der Waals surface area contributed by atoms with Gasteiger partial charge in [0.2, 0.25) is 5.91 Å². The maximum Gasteiger partial charge on any atom is 0.222 e. The van der Waals surface area contributed by atoms with Crippen molar-refractivity contribution in [3.05, 3.63) is 64.7 Å². The number of hydrogen-bond donors (Lipinski definition) is 4. The molecule has 2 saturated heterocycles. The third-order valence-corrected chi connectivity index (χ3v) is 10.2. The first-order chi connectivity index (χ1) is 17.7. The van der Waals surface area contributed by atoms with Gasteiger partial charge in [0.15, 0.2) is 0 Å². The molecule has 0 spiro atoms. The number of nitrogens with zero attached hydrogens (tertiary/aromatic N) is 2. The Kier molecular flexibility index (Phi) is 9.53. The van der Waals surface area contributed by atoms with Gasteiger partial charge in [-0.2, -0.15) is 0 Å². The lowest BCUT2D eigenvalue weighted by atomic mass is 9.94. The van der Waals surface area contributed by atoms with E-state index in [4.69, 9.17) is 4.74 Å². The van der Waals surface area contributed by atoms with Crippen LogP contribution in [0.25, 0.3) is 0 Å². The molecule has 2 aliphatic rings. The molecule has 4 rings (SSSR count). The molecule has 2 fully saturated rings. The van der Waals surface area contributed by atoms with Crippen LogP contribution in [0.3, 0.4) is 0 Å². The van der Waals surface area contributed by atoms with Crippen LogP contribution in [0.1, 0.15) is 40.3 Å². The minimum absolute atomic E-state index is 0.147. The molecule has 2 aromatic rings. The number of ether oxygens (including phenoxy) is 1. The number of thiol groups is 1.